The number of halogens is 3. The summed E-state index contributed by atoms with van der Waals surface area (Å²) in [7, 11) is 2.82. The number of aromatic nitrogens is 4. The number of nitrogens with one attached hydrogen (secondary N) is 1. The smallest absolute Gasteiger partial charge is 0.341 e. The number of hydrogen-bond acceptors (Lipinski definition) is 4. The van der Waals surface area contributed by atoms with Crippen LogP contribution in [0.1, 0.15) is 24.4 Å². The molecule has 0 saturated carbocycles. The first-order valence-corrected chi connectivity index (χ1v) is 9.13. The fraction of sp³-hybridized carbons (Fsp3) is 0.368. The van der Waals surface area contributed by atoms with Crippen LogP contribution in [0.2, 0.25) is 0 Å². The van der Waals surface area contributed by atoms with Crippen LogP contribution < -0.4 is 16.6 Å². The average molecular weight is 423 g/mol. The highest BCUT2D eigenvalue weighted by Crippen LogP contribution is 2.32. The Bertz CT molecular complexity index is 1180. The van der Waals surface area contributed by atoms with Crippen molar-refractivity contribution in [2.24, 2.45) is 14.1 Å². The first-order valence-electron chi connectivity index (χ1n) is 9.13. The summed E-state index contributed by atoms with van der Waals surface area (Å²) in [4.78, 5) is 40.5. The Morgan fingerprint density at radius 3 is 2.43 bits per heavy atom. The van der Waals surface area contributed by atoms with Gasteiger partial charge < -0.3 is 9.88 Å². The number of fused-ring (bicyclic) bond motifs is 1. The van der Waals surface area contributed by atoms with E-state index in [2.05, 4.69) is 4.98 Å². The minimum atomic E-state index is -4.63. The summed E-state index contributed by atoms with van der Waals surface area (Å²) in [5.41, 5.74) is -0.706. The molecule has 0 radical (unpaired) electrons. The SMILES string of the molecule is Cn1c(=O)c2c(ncn2CCCC(=O)NC(c2ccccc2)C(F)(F)F)n(C)c1=O. The molecule has 3 aromatic rings. The van der Waals surface area contributed by atoms with Gasteiger partial charge in [-0.3, -0.25) is 18.7 Å². The second-order valence-corrected chi connectivity index (χ2v) is 6.87. The molecule has 1 unspecified atom stereocenters. The first-order chi connectivity index (χ1) is 14.1. The number of carbonyl (C=O) groups is 1. The van der Waals surface area contributed by atoms with E-state index in [0.29, 0.717) is 0 Å². The Kier molecular flexibility index (Phi) is 5.81. The maximum Gasteiger partial charge on any atom is 0.412 e. The Labute approximate surface area is 168 Å². The molecule has 1 atom stereocenters. The summed E-state index contributed by atoms with van der Waals surface area (Å²) in [6.45, 7) is 0.180. The van der Waals surface area contributed by atoms with E-state index in [1.807, 2.05) is 5.32 Å². The van der Waals surface area contributed by atoms with E-state index >= 15 is 0 Å². The summed E-state index contributed by atoms with van der Waals surface area (Å²) in [6.07, 6.45) is -3.26. The molecule has 0 spiro atoms. The largest absolute Gasteiger partial charge is 0.412 e. The van der Waals surface area contributed by atoms with Crippen LogP contribution >= 0.6 is 0 Å². The topological polar surface area (TPSA) is 90.9 Å². The highest BCUT2D eigenvalue weighted by atomic mass is 19.4. The second kappa shape index (κ2) is 8.17. The summed E-state index contributed by atoms with van der Waals surface area (Å²) in [6, 6.07) is 5.04. The van der Waals surface area contributed by atoms with Gasteiger partial charge in [0.05, 0.1) is 6.33 Å². The molecule has 0 aliphatic carbocycles. The van der Waals surface area contributed by atoms with Crippen molar-refractivity contribution in [3.8, 4) is 0 Å². The lowest BCUT2D eigenvalue weighted by Crippen LogP contribution is -2.38. The molecule has 0 saturated heterocycles. The number of rotatable bonds is 6. The van der Waals surface area contributed by atoms with E-state index in [9.17, 15) is 27.6 Å². The molecule has 0 aliphatic heterocycles. The number of nitrogens with zero attached hydrogens (tertiary/aromatic N) is 4. The van der Waals surface area contributed by atoms with Crippen LogP contribution in [-0.4, -0.2) is 30.8 Å². The van der Waals surface area contributed by atoms with Crippen LogP contribution in [-0.2, 0) is 25.4 Å². The van der Waals surface area contributed by atoms with Crippen molar-refractivity contribution in [1.29, 1.82) is 0 Å². The number of amides is 1. The standard InChI is InChI=1S/C19H20F3N5O3/c1-25-16-14(17(29)26(2)18(25)30)27(11-23-16)10-6-9-13(28)24-15(19(20,21)22)12-7-4-3-5-8-12/h3-5,7-8,11,15H,6,9-10H2,1-2H3,(H,24,28). The molecule has 3 rings (SSSR count). The molecule has 160 valence electrons. The lowest BCUT2D eigenvalue weighted by molar-refractivity contribution is -0.163. The van der Waals surface area contributed by atoms with Crippen LogP contribution in [0.4, 0.5) is 13.2 Å². The van der Waals surface area contributed by atoms with Crippen LogP contribution in [0.3, 0.4) is 0 Å². The minimum absolute atomic E-state index is 0.0524. The number of hydrogen-bond donors (Lipinski definition) is 1. The van der Waals surface area contributed by atoms with E-state index in [4.69, 9.17) is 0 Å². The van der Waals surface area contributed by atoms with Gasteiger partial charge in [-0.1, -0.05) is 30.3 Å². The van der Waals surface area contributed by atoms with Crippen molar-refractivity contribution < 1.29 is 18.0 Å². The number of aryl methyl sites for hydroxylation is 2. The number of benzene rings is 1. The fourth-order valence-corrected chi connectivity index (χ4v) is 3.21. The van der Waals surface area contributed by atoms with Gasteiger partial charge in [0, 0.05) is 27.1 Å². The van der Waals surface area contributed by atoms with Crippen molar-refractivity contribution in [3.63, 3.8) is 0 Å². The van der Waals surface area contributed by atoms with Gasteiger partial charge in [-0.25, -0.2) is 9.78 Å². The molecule has 8 nitrogen and oxygen atoms in total. The van der Waals surface area contributed by atoms with Gasteiger partial charge in [-0.2, -0.15) is 13.2 Å². The minimum Gasteiger partial charge on any atom is -0.341 e. The first kappa shape index (κ1) is 21.3. The molecule has 0 aliphatic rings. The average Bonchev–Trinajstić information content (AvgIpc) is 3.13. The number of imidazole rings is 1. The fourth-order valence-electron chi connectivity index (χ4n) is 3.21. The predicted octanol–water partition coefficient (Wildman–Crippen LogP) is 1.63. The molecule has 1 N–H and O–H groups in total. The van der Waals surface area contributed by atoms with Crippen LogP contribution in [0.5, 0.6) is 0 Å². The van der Waals surface area contributed by atoms with E-state index in [0.717, 1.165) is 4.57 Å². The third kappa shape index (κ3) is 4.14. The second-order valence-electron chi connectivity index (χ2n) is 6.87. The maximum absolute atomic E-state index is 13.3. The Balaban J connectivity index is 1.70. The molecule has 2 aromatic heterocycles. The Morgan fingerprint density at radius 1 is 1.13 bits per heavy atom. The van der Waals surface area contributed by atoms with Crippen LogP contribution in [0.15, 0.2) is 46.2 Å². The molecule has 1 amide bonds. The normalized spacial score (nSPS) is 12.8. The monoisotopic (exact) mass is 423 g/mol. The highest BCUT2D eigenvalue weighted by Gasteiger charge is 2.41. The van der Waals surface area contributed by atoms with Crippen molar-refractivity contribution >= 4 is 17.1 Å². The van der Waals surface area contributed by atoms with Gasteiger partial charge in [0.2, 0.25) is 5.91 Å². The van der Waals surface area contributed by atoms with E-state index in [1.54, 1.807) is 6.07 Å². The molecule has 30 heavy (non-hydrogen) atoms. The lowest BCUT2D eigenvalue weighted by atomic mass is 10.1. The van der Waals surface area contributed by atoms with Gasteiger partial charge in [-0.05, 0) is 12.0 Å². The molecule has 0 fully saturated rings. The van der Waals surface area contributed by atoms with E-state index in [-0.39, 0.29) is 36.1 Å². The highest BCUT2D eigenvalue weighted by molar-refractivity contribution is 5.76. The third-order valence-electron chi connectivity index (χ3n) is 4.79. The van der Waals surface area contributed by atoms with E-state index in [1.165, 1.54) is 53.8 Å². The summed E-state index contributed by atoms with van der Waals surface area (Å²) < 4.78 is 43.7. The van der Waals surface area contributed by atoms with Crippen LogP contribution in [0, 0.1) is 0 Å². The van der Waals surface area contributed by atoms with Gasteiger partial charge in [0.15, 0.2) is 17.2 Å². The molecule has 1 aromatic carbocycles. The summed E-state index contributed by atoms with van der Waals surface area (Å²) in [5, 5.41) is 2.03. The third-order valence-corrected chi connectivity index (χ3v) is 4.79. The number of carbonyl (C=O) groups excluding carboxylic acids is 1. The maximum atomic E-state index is 13.3. The Morgan fingerprint density at radius 2 is 1.80 bits per heavy atom. The van der Waals surface area contributed by atoms with Crippen molar-refractivity contribution in [2.45, 2.75) is 31.6 Å². The molecular weight excluding hydrogens is 403 g/mol. The molecule has 0 bridgehead atoms. The summed E-state index contributed by atoms with van der Waals surface area (Å²) >= 11 is 0. The van der Waals surface area contributed by atoms with Crippen molar-refractivity contribution in [3.05, 3.63) is 63.1 Å². The summed E-state index contributed by atoms with van der Waals surface area (Å²) in [5.74, 6) is -0.758. The molecule has 2 heterocycles. The number of alkyl halides is 3. The van der Waals surface area contributed by atoms with Gasteiger partial charge in [-0.15, -0.1) is 0 Å². The van der Waals surface area contributed by atoms with Crippen molar-refractivity contribution in [1.82, 2.24) is 24.0 Å². The van der Waals surface area contributed by atoms with E-state index < -0.39 is 29.4 Å². The quantitative estimate of drug-likeness (QED) is 0.653. The lowest BCUT2D eigenvalue weighted by Gasteiger charge is -2.22. The van der Waals surface area contributed by atoms with Gasteiger partial charge >= 0.3 is 11.9 Å². The van der Waals surface area contributed by atoms with Crippen molar-refractivity contribution in [2.75, 3.05) is 0 Å². The van der Waals surface area contributed by atoms with Gasteiger partial charge in [0.25, 0.3) is 5.56 Å². The molecular formula is C19H20F3N5O3. The van der Waals surface area contributed by atoms with Gasteiger partial charge in [0.1, 0.15) is 0 Å². The zero-order chi connectivity index (χ0) is 22.1. The molecule has 11 heteroatoms. The Hall–Kier alpha value is -3.37. The van der Waals surface area contributed by atoms with Crippen LogP contribution in [0.25, 0.3) is 11.2 Å². The zero-order valence-corrected chi connectivity index (χ0v) is 16.3. The zero-order valence-electron chi connectivity index (χ0n) is 16.3. The predicted molar refractivity (Wildman–Crippen MR) is 103 cm³/mol.